The number of fused-ring (bicyclic) bond motifs is 2. The maximum absolute atomic E-state index is 13.2. The number of hydrogen-bond acceptors (Lipinski definition) is 7. The van der Waals surface area contributed by atoms with Crippen LogP contribution in [0.5, 0.6) is 0 Å². The van der Waals surface area contributed by atoms with Crippen LogP contribution in [0.25, 0.3) is 0 Å². The van der Waals surface area contributed by atoms with Crippen LogP contribution in [0, 0.1) is 6.92 Å². The average molecular weight is 504 g/mol. The minimum Gasteiger partial charge on any atom is -0.382 e. The highest BCUT2D eigenvalue weighted by Crippen LogP contribution is 2.52. The van der Waals surface area contributed by atoms with Gasteiger partial charge < -0.3 is 9.84 Å². The van der Waals surface area contributed by atoms with E-state index in [1.54, 1.807) is 10.9 Å². The molecular weight excluding hydrogens is 472 g/mol. The zero-order valence-corrected chi connectivity index (χ0v) is 20.8. The highest BCUT2D eigenvalue weighted by molar-refractivity contribution is 7.90. The van der Waals surface area contributed by atoms with Crippen LogP contribution in [0.4, 0.5) is 8.78 Å². The average Bonchev–Trinajstić information content (AvgIpc) is 3.32. The third-order valence-corrected chi connectivity index (χ3v) is 8.82. The Hall–Kier alpha value is -1.40. The maximum Gasteiger partial charge on any atom is 0.241 e. The summed E-state index contributed by atoms with van der Waals surface area (Å²) in [6.45, 7) is 5.69. The van der Waals surface area contributed by atoms with Gasteiger partial charge in [-0.1, -0.05) is 0 Å². The summed E-state index contributed by atoms with van der Waals surface area (Å²) in [5.41, 5.74) is -0.613. The van der Waals surface area contributed by atoms with Crippen LogP contribution in [0.1, 0.15) is 47.1 Å². The van der Waals surface area contributed by atoms with Crippen molar-refractivity contribution in [1.82, 2.24) is 14.7 Å². The van der Waals surface area contributed by atoms with Gasteiger partial charge in [-0.05, 0) is 32.8 Å². The molecule has 3 atom stereocenters. The molecule has 4 heterocycles. The lowest BCUT2D eigenvalue weighted by molar-refractivity contribution is -0.182. The second kappa shape index (κ2) is 8.99. The van der Waals surface area contributed by atoms with Crippen molar-refractivity contribution in [2.45, 2.75) is 69.9 Å². The Labute approximate surface area is 197 Å². The summed E-state index contributed by atoms with van der Waals surface area (Å²) in [5, 5.41) is 15.3. The fourth-order valence-corrected chi connectivity index (χ4v) is 6.76. The van der Waals surface area contributed by atoms with Gasteiger partial charge in [-0.25, -0.2) is 17.2 Å². The van der Waals surface area contributed by atoms with E-state index in [1.165, 1.54) is 17.6 Å². The number of piperidine rings is 1. The summed E-state index contributed by atoms with van der Waals surface area (Å²) in [6.07, 6.45) is 3.03. The molecule has 2 aromatic heterocycles. The van der Waals surface area contributed by atoms with Gasteiger partial charge in [0.1, 0.15) is 21.0 Å². The quantitative estimate of drug-likeness (QED) is 0.625. The Kier molecular flexibility index (Phi) is 6.74. The molecule has 2 aliphatic heterocycles. The number of hydrogen-bond donors (Lipinski definition) is 1. The van der Waals surface area contributed by atoms with E-state index in [0.29, 0.717) is 31.5 Å². The summed E-state index contributed by atoms with van der Waals surface area (Å²) in [5.74, 6) is 0.0502. The molecule has 1 unspecified atom stereocenters. The number of rotatable bonds is 7. The van der Waals surface area contributed by atoms with Crippen LogP contribution in [0.3, 0.4) is 0 Å². The molecule has 1 fully saturated rings. The second-order valence-corrected chi connectivity index (χ2v) is 13.0. The normalized spacial score (nSPS) is 28.5. The van der Waals surface area contributed by atoms with Gasteiger partial charge in [0.25, 0.3) is 0 Å². The molecule has 2 aromatic rings. The lowest BCUT2D eigenvalue weighted by atomic mass is 9.77. The molecule has 1 N–H and O–H groups in total. The smallest absolute Gasteiger partial charge is 0.241 e. The zero-order valence-electron chi connectivity index (χ0n) is 19.1. The molecule has 4 rings (SSSR count). The number of aromatic nitrogens is 2. The molecule has 7 nitrogen and oxygen atoms in total. The van der Waals surface area contributed by atoms with Crippen LogP contribution >= 0.6 is 11.3 Å². The highest BCUT2D eigenvalue weighted by Gasteiger charge is 2.51. The molecule has 0 radical (unpaired) electrons. The van der Waals surface area contributed by atoms with E-state index < -0.39 is 33.9 Å². The summed E-state index contributed by atoms with van der Waals surface area (Å²) in [6, 6.07) is 2.00. The van der Waals surface area contributed by atoms with Gasteiger partial charge in [0.05, 0.1) is 25.1 Å². The standard InChI is InChI=1S/C22H31F2N3O4S2/c1-15-9-22(20-18(8-16(2)32-20)21(28,14-31-22)10-19(23)24)4-5-26(15)12-17-11-25-27(13-17)6-7-33(3,29)30/h8,11,13,15,19,28H,4-7,9-10,12,14H2,1-3H3/t15-,21?,22+/m0/s1. The van der Waals surface area contributed by atoms with Gasteiger partial charge in [-0.2, -0.15) is 5.10 Å². The summed E-state index contributed by atoms with van der Waals surface area (Å²) in [4.78, 5) is 4.19. The Morgan fingerprint density at radius 3 is 2.85 bits per heavy atom. The highest BCUT2D eigenvalue weighted by atomic mass is 32.2. The number of alkyl halides is 2. The van der Waals surface area contributed by atoms with E-state index >= 15 is 0 Å². The van der Waals surface area contributed by atoms with Gasteiger partial charge in [-0.15, -0.1) is 11.3 Å². The molecule has 0 saturated carbocycles. The number of thiophene rings is 1. The van der Waals surface area contributed by atoms with Crippen molar-refractivity contribution in [3.05, 3.63) is 39.3 Å². The van der Waals surface area contributed by atoms with Gasteiger partial charge in [0, 0.05) is 58.9 Å². The van der Waals surface area contributed by atoms with Crippen molar-refractivity contribution in [2.24, 2.45) is 0 Å². The van der Waals surface area contributed by atoms with Crippen molar-refractivity contribution in [1.29, 1.82) is 0 Å². The van der Waals surface area contributed by atoms with Crippen molar-refractivity contribution >= 4 is 21.2 Å². The Bertz CT molecular complexity index is 1100. The molecule has 33 heavy (non-hydrogen) atoms. The van der Waals surface area contributed by atoms with Crippen LogP contribution in [-0.2, 0) is 38.9 Å². The van der Waals surface area contributed by atoms with E-state index in [-0.39, 0.29) is 18.4 Å². The first-order chi connectivity index (χ1) is 15.4. The van der Waals surface area contributed by atoms with E-state index in [4.69, 9.17) is 4.74 Å². The number of likely N-dealkylation sites (tertiary alicyclic amines) is 1. The third kappa shape index (κ3) is 5.32. The van der Waals surface area contributed by atoms with Gasteiger partial charge in [0.2, 0.25) is 6.43 Å². The molecular formula is C22H31F2N3O4S2. The van der Waals surface area contributed by atoms with Crippen molar-refractivity contribution in [2.75, 3.05) is 25.2 Å². The van der Waals surface area contributed by atoms with Gasteiger partial charge >= 0.3 is 0 Å². The van der Waals surface area contributed by atoms with E-state index in [1.807, 2.05) is 19.2 Å². The number of aryl methyl sites for hydroxylation is 2. The third-order valence-electron chi connectivity index (χ3n) is 6.66. The lowest BCUT2D eigenvalue weighted by Gasteiger charge is -2.50. The minimum absolute atomic E-state index is 0.0502. The molecule has 184 valence electrons. The largest absolute Gasteiger partial charge is 0.382 e. The topological polar surface area (TPSA) is 84.7 Å². The number of halogens is 2. The molecule has 1 saturated heterocycles. The molecule has 0 aromatic carbocycles. The molecule has 0 amide bonds. The number of sulfone groups is 1. The molecule has 2 aliphatic rings. The zero-order chi connectivity index (χ0) is 24.0. The van der Waals surface area contributed by atoms with Crippen LogP contribution in [0.2, 0.25) is 0 Å². The van der Waals surface area contributed by atoms with E-state index in [0.717, 1.165) is 21.9 Å². The summed E-state index contributed by atoms with van der Waals surface area (Å²) in [7, 11) is -3.05. The Morgan fingerprint density at radius 1 is 1.42 bits per heavy atom. The monoisotopic (exact) mass is 503 g/mol. The molecule has 0 aliphatic carbocycles. The van der Waals surface area contributed by atoms with Crippen LogP contribution in [0.15, 0.2) is 18.5 Å². The van der Waals surface area contributed by atoms with Crippen molar-refractivity contribution < 1.29 is 27.0 Å². The lowest BCUT2D eigenvalue weighted by Crippen LogP contribution is -2.53. The fraction of sp³-hybridized carbons (Fsp3) is 0.682. The van der Waals surface area contributed by atoms with Crippen molar-refractivity contribution in [3.63, 3.8) is 0 Å². The predicted molar refractivity (Wildman–Crippen MR) is 122 cm³/mol. The second-order valence-electron chi connectivity index (χ2n) is 9.52. The van der Waals surface area contributed by atoms with Gasteiger partial charge in [-0.3, -0.25) is 9.58 Å². The number of nitrogens with zero attached hydrogens (tertiary/aromatic N) is 3. The summed E-state index contributed by atoms with van der Waals surface area (Å²) >= 11 is 1.53. The summed E-state index contributed by atoms with van der Waals surface area (Å²) < 4.78 is 57.0. The van der Waals surface area contributed by atoms with E-state index in [9.17, 15) is 22.3 Å². The van der Waals surface area contributed by atoms with Gasteiger partial charge in [0.15, 0.2) is 0 Å². The van der Waals surface area contributed by atoms with Crippen LogP contribution in [-0.4, -0.2) is 65.8 Å². The first-order valence-electron chi connectivity index (χ1n) is 11.1. The predicted octanol–water partition coefficient (Wildman–Crippen LogP) is 3.05. The number of aliphatic hydroxyl groups is 1. The van der Waals surface area contributed by atoms with E-state index in [2.05, 4.69) is 16.9 Å². The van der Waals surface area contributed by atoms with Crippen molar-refractivity contribution in [3.8, 4) is 0 Å². The fourth-order valence-electron chi connectivity index (χ4n) is 4.95. The SMILES string of the molecule is Cc1cc2c(s1)[C@]1(CCN(Cc3cnn(CCS(C)(=O)=O)c3)[C@@H](C)C1)OCC2(O)CC(F)F. The minimum atomic E-state index is -3.05. The number of ether oxygens (including phenoxy) is 1. The molecule has 0 bridgehead atoms. The first kappa shape index (κ1) is 24.7. The molecule has 1 spiro atoms. The van der Waals surface area contributed by atoms with Crippen LogP contribution < -0.4 is 0 Å². The Balaban J connectivity index is 1.47. The Morgan fingerprint density at radius 2 is 2.18 bits per heavy atom. The maximum atomic E-state index is 13.2. The first-order valence-corrected chi connectivity index (χ1v) is 14.0. The molecule has 11 heteroatoms.